The van der Waals surface area contributed by atoms with Crippen LogP contribution in [0, 0.1) is 12.8 Å². The van der Waals surface area contributed by atoms with Gasteiger partial charge in [0.1, 0.15) is 0 Å². The maximum atomic E-state index is 12.8. The van der Waals surface area contributed by atoms with Gasteiger partial charge < -0.3 is 10.6 Å². The molecule has 6 nitrogen and oxygen atoms in total. The molecule has 0 aromatic heterocycles. The van der Waals surface area contributed by atoms with Gasteiger partial charge in [0.25, 0.3) is 0 Å². The van der Waals surface area contributed by atoms with Crippen LogP contribution in [-0.2, 0) is 10.0 Å². The SMILES string of the molecule is C.C.Cc1ccc(S(=O)(=O)N2CCC(CNC(=O)NC3CCCCCCC3)C2)cc1. The summed E-state index contributed by atoms with van der Waals surface area (Å²) in [6.07, 6.45) is 9.06. The van der Waals surface area contributed by atoms with Crippen LogP contribution in [0.4, 0.5) is 4.79 Å². The van der Waals surface area contributed by atoms with Crippen LogP contribution >= 0.6 is 0 Å². The Bertz CT molecular complexity index is 741. The maximum Gasteiger partial charge on any atom is 0.315 e. The highest BCUT2D eigenvalue weighted by molar-refractivity contribution is 7.89. The Kier molecular flexibility index (Phi) is 10.8. The zero-order valence-corrected chi connectivity index (χ0v) is 17.6. The van der Waals surface area contributed by atoms with Crippen LogP contribution in [0.1, 0.15) is 71.8 Å². The summed E-state index contributed by atoms with van der Waals surface area (Å²) in [4.78, 5) is 12.6. The van der Waals surface area contributed by atoms with Crippen LogP contribution in [0.2, 0.25) is 0 Å². The number of nitrogens with zero attached hydrogens (tertiary/aromatic N) is 1. The van der Waals surface area contributed by atoms with Crippen molar-refractivity contribution in [2.24, 2.45) is 5.92 Å². The Morgan fingerprint density at radius 3 is 2.23 bits per heavy atom. The first kappa shape index (κ1) is 26.4. The molecular formula is C23H41N3O3S. The molecule has 1 heterocycles. The van der Waals surface area contributed by atoms with Gasteiger partial charge in [-0.2, -0.15) is 4.31 Å². The number of sulfonamides is 1. The Balaban J connectivity index is 0.00000225. The Morgan fingerprint density at radius 2 is 1.60 bits per heavy atom. The summed E-state index contributed by atoms with van der Waals surface area (Å²) in [5.74, 6) is 0.156. The number of aryl methyl sites for hydroxylation is 1. The number of nitrogens with one attached hydrogen (secondary N) is 2. The van der Waals surface area contributed by atoms with E-state index in [9.17, 15) is 13.2 Å². The van der Waals surface area contributed by atoms with Gasteiger partial charge in [0.2, 0.25) is 10.0 Å². The number of urea groups is 1. The van der Waals surface area contributed by atoms with Gasteiger partial charge in [0, 0.05) is 25.7 Å². The molecule has 1 atom stereocenters. The first-order chi connectivity index (χ1) is 13.4. The summed E-state index contributed by atoms with van der Waals surface area (Å²) in [6, 6.07) is 7.12. The fraction of sp³-hybridized carbons (Fsp3) is 0.696. The predicted octanol–water partition coefficient (Wildman–Crippen LogP) is 4.69. The largest absolute Gasteiger partial charge is 0.338 e. The van der Waals surface area contributed by atoms with Crippen molar-refractivity contribution in [1.82, 2.24) is 14.9 Å². The van der Waals surface area contributed by atoms with Crippen LogP contribution < -0.4 is 10.6 Å². The standard InChI is InChI=1S/C21H33N3O3S.2CH4/c1-17-9-11-20(12-10-17)28(26,27)24-14-13-18(16-24)15-22-21(25)23-19-7-5-3-2-4-6-8-19;;/h9-12,18-19H,2-8,13-16H2,1H3,(H2,22,23,25);2*1H4. The second kappa shape index (κ2) is 12.3. The normalized spacial score (nSPS) is 20.9. The highest BCUT2D eigenvalue weighted by Gasteiger charge is 2.32. The second-order valence-corrected chi connectivity index (χ2v) is 10.2. The van der Waals surface area contributed by atoms with Crippen molar-refractivity contribution in [2.45, 2.75) is 84.1 Å². The first-order valence-corrected chi connectivity index (χ1v) is 12.0. The molecule has 2 aliphatic rings. The molecule has 3 rings (SSSR count). The molecule has 2 N–H and O–H groups in total. The molecule has 0 spiro atoms. The van der Waals surface area contributed by atoms with E-state index in [0.29, 0.717) is 24.5 Å². The molecule has 2 fully saturated rings. The van der Waals surface area contributed by atoms with Gasteiger partial charge in [-0.3, -0.25) is 0 Å². The number of hydrogen-bond donors (Lipinski definition) is 2. The van der Waals surface area contributed by atoms with Gasteiger partial charge in [-0.25, -0.2) is 13.2 Å². The summed E-state index contributed by atoms with van der Waals surface area (Å²) in [6.45, 7) is 3.42. The summed E-state index contributed by atoms with van der Waals surface area (Å²) in [5, 5.41) is 6.06. The average molecular weight is 440 g/mol. The van der Waals surface area contributed by atoms with Gasteiger partial charge >= 0.3 is 6.03 Å². The molecule has 1 saturated heterocycles. The van der Waals surface area contributed by atoms with E-state index in [-0.39, 0.29) is 32.8 Å². The fourth-order valence-electron chi connectivity index (χ4n) is 4.12. The molecule has 1 saturated carbocycles. The Labute approximate surface area is 183 Å². The number of carbonyl (C=O) groups is 1. The number of carbonyl (C=O) groups excluding carboxylic acids is 1. The molecule has 2 amide bonds. The molecule has 1 unspecified atom stereocenters. The lowest BCUT2D eigenvalue weighted by Gasteiger charge is -2.22. The number of amides is 2. The maximum absolute atomic E-state index is 12.8. The molecule has 1 aromatic carbocycles. The van der Waals surface area contributed by atoms with Crippen molar-refractivity contribution in [2.75, 3.05) is 19.6 Å². The average Bonchev–Trinajstić information content (AvgIpc) is 3.12. The van der Waals surface area contributed by atoms with E-state index in [1.165, 1.54) is 36.4 Å². The van der Waals surface area contributed by atoms with Crippen LogP contribution in [0.5, 0.6) is 0 Å². The topological polar surface area (TPSA) is 78.5 Å². The lowest BCUT2D eigenvalue weighted by molar-refractivity contribution is 0.232. The zero-order chi connectivity index (χ0) is 20.0. The Hall–Kier alpha value is -1.60. The molecule has 0 bridgehead atoms. The van der Waals surface area contributed by atoms with Crippen LogP contribution in [0.25, 0.3) is 0 Å². The van der Waals surface area contributed by atoms with Crippen molar-refractivity contribution in [3.05, 3.63) is 29.8 Å². The quantitative estimate of drug-likeness (QED) is 0.698. The predicted molar refractivity (Wildman–Crippen MR) is 124 cm³/mol. The smallest absolute Gasteiger partial charge is 0.315 e. The van der Waals surface area contributed by atoms with E-state index in [2.05, 4.69) is 10.6 Å². The van der Waals surface area contributed by atoms with E-state index in [1.807, 2.05) is 19.1 Å². The summed E-state index contributed by atoms with van der Waals surface area (Å²) < 4.78 is 27.1. The number of rotatable bonds is 5. The molecule has 172 valence electrons. The minimum Gasteiger partial charge on any atom is -0.338 e. The van der Waals surface area contributed by atoms with Gasteiger partial charge in [-0.15, -0.1) is 0 Å². The summed E-state index contributed by atoms with van der Waals surface area (Å²) >= 11 is 0. The zero-order valence-electron chi connectivity index (χ0n) is 16.8. The van der Waals surface area contributed by atoms with E-state index in [1.54, 1.807) is 12.1 Å². The Morgan fingerprint density at radius 1 is 1.00 bits per heavy atom. The number of hydrogen-bond acceptors (Lipinski definition) is 3. The van der Waals surface area contributed by atoms with Gasteiger partial charge in [-0.1, -0.05) is 64.7 Å². The van der Waals surface area contributed by atoms with E-state index < -0.39 is 10.0 Å². The van der Waals surface area contributed by atoms with Crippen molar-refractivity contribution < 1.29 is 13.2 Å². The third-order valence-corrected chi connectivity index (χ3v) is 7.78. The highest BCUT2D eigenvalue weighted by atomic mass is 32.2. The molecule has 0 radical (unpaired) electrons. The lowest BCUT2D eigenvalue weighted by Crippen LogP contribution is -2.44. The summed E-state index contributed by atoms with van der Waals surface area (Å²) in [7, 11) is -3.45. The second-order valence-electron chi connectivity index (χ2n) is 8.23. The van der Waals surface area contributed by atoms with Crippen LogP contribution in [-0.4, -0.2) is 44.4 Å². The van der Waals surface area contributed by atoms with Gasteiger partial charge in [0.15, 0.2) is 0 Å². The molecule has 1 aliphatic carbocycles. The van der Waals surface area contributed by atoms with E-state index in [0.717, 1.165) is 24.8 Å². The minimum atomic E-state index is -3.45. The van der Waals surface area contributed by atoms with Gasteiger partial charge in [-0.05, 0) is 44.2 Å². The molecule has 30 heavy (non-hydrogen) atoms. The minimum absolute atomic E-state index is 0. The van der Waals surface area contributed by atoms with Crippen molar-refractivity contribution in [3.63, 3.8) is 0 Å². The first-order valence-electron chi connectivity index (χ1n) is 10.6. The molecular weight excluding hydrogens is 398 g/mol. The van der Waals surface area contributed by atoms with Crippen LogP contribution in [0.3, 0.4) is 0 Å². The fourth-order valence-corrected chi connectivity index (χ4v) is 5.65. The van der Waals surface area contributed by atoms with E-state index >= 15 is 0 Å². The monoisotopic (exact) mass is 439 g/mol. The van der Waals surface area contributed by atoms with E-state index in [4.69, 9.17) is 0 Å². The highest BCUT2D eigenvalue weighted by Crippen LogP contribution is 2.24. The third-order valence-electron chi connectivity index (χ3n) is 5.90. The van der Waals surface area contributed by atoms with Crippen molar-refractivity contribution >= 4 is 16.1 Å². The van der Waals surface area contributed by atoms with Crippen molar-refractivity contribution in [3.8, 4) is 0 Å². The van der Waals surface area contributed by atoms with Gasteiger partial charge in [0.05, 0.1) is 4.90 Å². The van der Waals surface area contributed by atoms with Crippen LogP contribution in [0.15, 0.2) is 29.2 Å². The summed E-state index contributed by atoms with van der Waals surface area (Å²) in [5.41, 5.74) is 1.04. The molecule has 1 aromatic rings. The number of benzene rings is 1. The molecule has 7 heteroatoms. The van der Waals surface area contributed by atoms with Crippen molar-refractivity contribution in [1.29, 1.82) is 0 Å². The third kappa shape index (κ3) is 7.27. The molecule has 1 aliphatic heterocycles. The lowest BCUT2D eigenvalue weighted by atomic mass is 9.97.